The Kier molecular flexibility index (Phi) is 19.4. The Morgan fingerprint density at radius 2 is 1.08 bits per heavy atom. The fourth-order valence-corrected chi connectivity index (χ4v) is 14.1. The number of Topliss-reactive ketones (excluding diaryl/α,β-unsaturated/α-hetero) is 1. The molecule has 4 aliphatic heterocycles. The number of carboxylic acid groups (broad SMARTS) is 1. The molecule has 8 atom stereocenters. The Morgan fingerprint density at radius 3 is 1.49 bits per heavy atom. The molecule has 5 amide bonds. The van der Waals surface area contributed by atoms with Crippen molar-refractivity contribution in [1.29, 1.82) is 0 Å². The second-order valence-corrected chi connectivity index (χ2v) is 30.2. The van der Waals surface area contributed by atoms with Crippen molar-refractivity contribution in [2.45, 2.75) is 159 Å². The molecular weight excluding hydrogens is 1300 g/mol. The predicted molar refractivity (Wildman–Crippen MR) is 349 cm³/mol. The van der Waals surface area contributed by atoms with E-state index in [-0.39, 0.29) is 57.0 Å². The van der Waals surface area contributed by atoms with E-state index in [0.29, 0.717) is 68.6 Å². The molecule has 0 spiro atoms. The molecule has 2 saturated heterocycles. The van der Waals surface area contributed by atoms with Crippen molar-refractivity contribution in [1.82, 2.24) is 45.1 Å². The number of aromatic nitrogens is 4. The molecule has 6 aliphatic rings. The lowest BCUT2D eigenvalue weighted by molar-refractivity contribution is -0.150. The number of rotatable bonds is 8. The van der Waals surface area contributed by atoms with Gasteiger partial charge in [-0.2, -0.15) is 0 Å². The van der Waals surface area contributed by atoms with Crippen LogP contribution in [-0.4, -0.2) is 165 Å². The van der Waals surface area contributed by atoms with E-state index < -0.39 is 160 Å². The van der Waals surface area contributed by atoms with Crippen molar-refractivity contribution in [2.75, 3.05) is 26.3 Å². The lowest BCUT2D eigenvalue weighted by Crippen LogP contribution is -2.57. The van der Waals surface area contributed by atoms with Crippen LogP contribution in [0, 0.1) is 22.2 Å². The van der Waals surface area contributed by atoms with E-state index in [1.165, 1.54) is 11.0 Å². The highest BCUT2D eigenvalue weighted by molar-refractivity contribution is 7.91. The summed E-state index contributed by atoms with van der Waals surface area (Å²) >= 11 is 0. The lowest BCUT2D eigenvalue weighted by atomic mass is 9.85. The molecule has 8 bridgehead atoms. The van der Waals surface area contributed by atoms with Gasteiger partial charge in [-0.25, -0.2) is 60.3 Å². The molecule has 4 N–H and O–H groups in total. The first-order chi connectivity index (χ1) is 46.2. The Hall–Kier alpha value is -9.34. The largest absolute Gasteiger partial charge is 0.480 e. The van der Waals surface area contributed by atoms with E-state index in [9.17, 15) is 55.9 Å². The van der Waals surface area contributed by atoms with Gasteiger partial charge in [0, 0.05) is 43.2 Å². The van der Waals surface area contributed by atoms with Gasteiger partial charge in [-0.05, 0) is 96.4 Å². The number of fused-ring (bicyclic) bond motifs is 14. The predicted octanol–water partition coefficient (Wildman–Crippen LogP) is 9.58. The maximum absolute atomic E-state index is 15.1. The van der Waals surface area contributed by atoms with Gasteiger partial charge in [0.05, 0.1) is 51.9 Å². The number of aryl methyl sites for hydroxylation is 2. The Morgan fingerprint density at radius 1 is 0.653 bits per heavy atom. The summed E-state index contributed by atoms with van der Waals surface area (Å²) in [4.78, 5) is 116. The van der Waals surface area contributed by atoms with Crippen LogP contribution >= 0.6 is 0 Å². The number of alkyl halides is 4. The van der Waals surface area contributed by atoms with Crippen molar-refractivity contribution in [3.63, 3.8) is 0 Å². The molecule has 6 aromatic rings. The SMILES string of the molecule is C=C[C@@H]1C[C@]1(CC(=O)[C@@H]1C[C@@H]2CN1C(=O)[C@H](C(C)(C)C)NC(=O)OCC(F)(F)CCc1cccc(c1)-c1nc3ccccc3nc1O2)C(=O)NS(=O)(=O)C1CC1.CC(C)(C)[C@@H]1NC(=O)OCC(F)(F)CCc2cccc(c2)-c2nc3ccccc3nc2O[C@@H]2C[C@@H](C(=O)O)N(C2)C1=O. The maximum atomic E-state index is 15.1. The van der Waals surface area contributed by atoms with Crippen LogP contribution in [0.25, 0.3) is 44.6 Å². The Balaban J connectivity index is 0.000000207. The molecule has 2 saturated carbocycles. The number of carbonyl (C=O) groups is 7. The number of aliphatic carboxylic acids is 1. The number of hydrogen-bond acceptors (Lipinski definition) is 17. The zero-order valence-corrected chi connectivity index (χ0v) is 55.7. The molecule has 28 heteroatoms. The number of carboxylic acids is 1. The molecule has 4 fully saturated rings. The van der Waals surface area contributed by atoms with E-state index in [4.69, 9.17) is 33.9 Å². The number of nitrogens with zero attached hydrogens (tertiary/aromatic N) is 6. The highest BCUT2D eigenvalue weighted by Crippen LogP contribution is 2.57. The normalized spacial score (nSPS) is 25.2. The maximum Gasteiger partial charge on any atom is 0.408 e. The number of sulfonamides is 1. The minimum absolute atomic E-state index is 0.00992. The first-order valence-electron chi connectivity index (χ1n) is 32.4. The van der Waals surface area contributed by atoms with E-state index in [2.05, 4.69) is 26.9 Å². The summed E-state index contributed by atoms with van der Waals surface area (Å²) in [5.74, 6) is -10.9. The third-order valence-corrected chi connectivity index (χ3v) is 20.3. The summed E-state index contributed by atoms with van der Waals surface area (Å²) in [6.07, 6.45) is -3.17. The average molecular weight is 1380 g/mol. The number of ketones is 1. The quantitative estimate of drug-likeness (QED) is 0.0814. The molecule has 23 nitrogen and oxygen atoms in total. The van der Waals surface area contributed by atoms with Crippen molar-refractivity contribution in [3.05, 3.63) is 121 Å². The van der Waals surface area contributed by atoms with Crippen LogP contribution in [0.5, 0.6) is 11.8 Å². The molecule has 6 heterocycles. The first-order valence-corrected chi connectivity index (χ1v) is 34.0. The summed E-state index contributed by atoms with van der Waals surface area (Å²) in [6.45, 7) is 11.1. The first kappa shape index (κ1) is 70.0. The second-order valence-electron chi connectivity index (χ2n) is 28.2. The van der Waals surface area contributed by atoms with Crippen LogP contribution < -0.4 is 24.8 Å². The van der Waals surface area contributed by atoms with Gasteiger partial charge in [0.2, 0.25) is 39.5 Å². The van der Waals surface area contributed by atoms with Gasteiger partial charge in [-0.1, -0.05) is 108 Å². The number of nitrogens with one attached hydrogen (secondary N) is 3. The van der Waals surface area contributed by atoms with Gasteiger partial charge in [0.1, 0.15) is 41.7 Å². The topological polar surface area (TPSA) is 305 Å². The molecule has 0 radical (unpaired) electrons. The van der Waals surface area contributed by atoms with Crippen LogP contribution in [0.2, 0.25) is 0 Å². The molecule has 520 valence electrons. The number of halogens is 4. The number of para-hydroxylation sites is 4. The third-order valence-electron chi connectivity index (χ3n) is 18.5. The van der Waals surface area contributed by atoms with Crippen LogP contribution in [0.15, 0.2) is 110 Å². The standard InChI is InChI=1S/C40H45F2N5O8S.C30H32F2N4O6/c1-5-25-19-39(25,36(50)46-56(52,53)27-13-14-27)20-31(48)30-18-26-21-47(30)35(49)33(38(2,3)4)45-37(51)54-22-40(41,42)16-15-23-9-8-10-24(17-23)32-34(55-26)44-29-12-7-6-11-28(29)43-32;1-29(2,3)24-26(37)36-15-19(14-22(36)27(38)39)42-25-23(33-20-9-4-5-10-21(20)34-25)18-8-6-7-17(13-18)11-12-30(31,32)16-41-28(40)35-24/h5-12,17,25-27,30,33H,1,13-16,18-22H2,2-4H3,(H,45,51)(H,46,50);4-10,13,19,22,24H,11-12,14-16H2,1-3H3,(H,35,40)(H,38,39)/t25-,26-,30+,33-,39-;19-,22+,24-/m11/s1. The van der Waals surface area contributed by atoms with Crippen LogP contribution in [0.3, 0.4) is 0 Å². The number of amides is 5. The summed E-state index contributed by atoms with van der Waals surface area (Å²) in [5, 5.41) is 14.2. The van der Waals surface area contributed by atoms with E-state index in [1.807, 2.05) is 6.07 Å². The highest BCUT2D eigenvalue weighted by atomic mass is 32.2. The van der Waals surface area contributed by atoms with Gasteiger partial charge >= 0.3 is 18.2 Å². The molecule has 0 unspecified atom stereocenters. The van der Waals surface area contributed by atoms with Crippen LogP contribution in [-0.2, 0) is 56.3 Å². The summed E-state index contributed by atoms with van der Waals surface area (Å²) in [7, 11) is -3.92. The van der Waals surface area contributed by atoms with E-state index in [0.717, 1.165) is 4.90 Å². The summed E-state index contributed by atoms with van der Waals surface area (Å²) in [5.41, 5.74) is 1.91. The number of ether oxygens (including phenoxy) is 4. The molecule has 2 aliphatic carbocycles. The third kappa shape index (κ3) is 15.8. The van der Waals surface area contributed by atoms with Crippen molar-refractivity contribution >= 4 is 73.8 Å². The number of allylic oxidation sites excluding steroid dienone is 1. The Labute approximate surface area is 562 Å². The van der Waals surface area contributed by atoms with Gasteiger partial charge in [0.25, 0.3) is 11.8 Å². The fourth-order valence-electron chi connectivity index (χ4n) is 12.8. The molecule has 12 rings (SSSR count). The van der Waals surface area contributed by atoms with E-state index in [1.54, 1.807) is 133 Å². The zero-order chi connectivity index (χ0) is 70.4. The minimum Gasteiger partial charge on any atom is -0.480 e. The zero-order valence-electron chi connectivity index (χ0n) is 54.9. The number of hydrogen-bond donors (Lipinski definition) is 4. The number of carbonyl (C=O) groups excluding carboxylic acids is 6. The second kappa shape index (κ2) is 27.2. The summed E-state index contributed by atoms with van der Waals surface area (Å²) in [6, 6.07) is 23.0. The fraction of sp³-hybridized carbons (Fsp3) is 0.471. The van der Waals surface area contributed by atoms with Crippen molar-refractivity contribution in [3.8, 4) is 34.3 Å². The van der Waals surface area contributed by atoms with Crippen LogP contribution in [0.4, 0.5) is 27.2 Å². The van der Waals surface area contributed by atoms with Gasteiger partial charge in [0.15, 0.2) is 19.0 Å². The summed E-state index contributed by atoms with van der Waals surface area (Å²) < 4.78 is 110. The number of alkyl carbamates (subject to hydrolysis) is 2. The van der Waals surface area contributed by atoms with Crippen molar-refractivity contribution in [2.24, 2.45) is 22.2 Å². The highest BCUT2D eigenvalue weighted by Gasteiger charge is 2.62. The minimum atomic E-state index is -3.92. The molecule has 2 aromatic heterocycles. The number of cyclic esters (lactones) is 2. The van der Waals surface area contributed by atoms with Gasteiger partial charge in [-0.15, -0.1) is 6.58 Å². The molecule has 98 heavy (non-hydrogen) atoms. The number of benzene rings is 4. The smallest absolute Gasteiger partial charge is 0.408 e. The molecular formula is C70H77F4N9O14S. The Bertz CT molecular complexity index is 4260. The monoisotopic (exact) mass is 1380 g/mol. The van der Waals surface area contributed by atoms with Crippen LogP contribution in [0.1, 0.15) is 104 Å². The molecule has 4 aromatic carbocycles. The van der Waals surface area contributed by atoms with Gasteiger partial charge in [-0.3, -0.25) is 23.9 Å². The van der Waals surface area contributed by atoms with E-state index >= 15 is 8.78 Å². The van der Waals surface area contributed by atoms with Gasteiger partial charge < -0.3 is 44.5 Å². The van der Waals surface area contributed by atoms with Crippen molar-refractivity contribution < 1.29 is 83.6 Å². The lowest BCUT2D eigenvalue weighted by Gasteiger charge is -2.35. The average Bonchev–Trinajstić information content (AvgIpc) is 1.56.